The largest absolute Gasteiger partial charge is 0.455 e. The van der Waals surface area contributed by atoms with E-state index in [4.69, 9.17) is 4.42 Å². The summed E-state index contributed by atoms with van der Waals surface area (Å²) in [6.45, 7) is 1.48. The fourth-order valence-electron chi connectivity index (χ4n) is 2.98. The number of rotatable bonds is 4. The summed E-state index contributed by atoms with van der Waals surface area (Å²) in [5.74, 6) is 1.40. The van der Waals surface area contributed by atoms with Crippen molar-refractivity contribution in [1.29, 1.82) is 0 Å². The molecule has 1 heterocycles. The smallest absolute Gasteiger partial charge is 0.221 e. The van der Waals surface area contributed by atoms with Crippen LogP contribution in [0.4, 0.5) is 11.4 Å². The molecule has 0 saturated heterocycles. The SMILES string of the molecule is CC(=O)Nc1ccc(N=Cc2ccc(-c3cccc4ccccc34)o2)cc1. The highest BCUT2D eigenvalue weighted by molar-refractivity contribution is 5.95. The van der Waals surface area contributed by atoms with Crippen LogP contribution in [0, 0.1) is 0 Å². The highest BCUT2D eigenvalue weighted by Gasteiger charge is 2.07. The predicted octanol–water partition coefficient (Wildman–Crippen LogP) is 5.81. The van der Waals surface area contributed by atoms with E-state index in [-0.39, 0.29) is 5.91 Å². The Balaban J connectivity index is 1.56. The van der Waals surface area contributed by atoms with Crippen molar-refractivity contribution < 1.29 is 9.21 Å². The lowest BCUT2D eigenvalue weighted by Crippen LogP contribution is -2.04. The zero-order chi connectivity index (χ0) is 18.6. The second-order valence-corrected chi connectivity index (χ2v) is 6.21. The maximum Gasteiger partial charge on any atom is 0.221 e. The van der Waals surface area contributed by atoms with Gasteiger partial charge in [0.05, 0.1) is 11.9 Å². The molecule has 0 aliphatic carbocycles. The summed E-state index contributed by atoms with van der Waals surface area (Å²) in [5, 5.41) is 5.07. The normalized spacial score (nSPS) is 11.1. The Hall–Kier alpha value is -3.66. The standard InChI is InChI=1S/C23H18N2O2/c1-16(26)25-19-11-9-18(10-12-19)24-15-20-13-14-23(27-20)22-8-4-6-17-5-2-3-7-21(17)22/h2-15H,1H3,(H,25,26). The molecule has 4 aromatic rings. The highest BCUT2D eigenvalue weighted by Crippen LogP contribution is 2.29. The number of benzene rings is 3. The molecule has 0 radical (unpaired) electrons. The molecule has 1 aromatic heterocycles. The molecule has 0 aliphatic rings. The molecule has 0 spiro atoms. The number of amides is 1. The van der Waals surface area contributed by atoms with Gasteiger partial charge in [0, 0.05) is 18.2 Å². The highest BCUT2D eigenvalue weighted by atomic mass is 16.3. The van der Waals surface area contributed by atoms with Crippen LogP contribution in [0.1, 0.15) is 12.7 Å². The third-order valence-electron chi connectivity index (χ3n) is 4.21. The van der Waals surface area contributed by atoms with E-state index in [2.05, 4.69) is 34.6 Å². The molecular formula is C23H18N2O2. The minimum atomic E-state index is -0.0946. The summed E-state index contributed by atoms with van der Waals surface area (Å²) in [5.41, 5.74) is 2.59. The Labute approximate surface area is 157 Å². The summed E-state index contributed by atoms with van der Waals surface area (Å²) in [7, 11) is 0. The molecule has 27 heavy (non-hydrogen) atoms. The van der Waals surface area contributed by atoms with Crippen LogP contribution in [0.5, 0.6) is 0 Å². The molecule has 0 unspecified atom stereocenters. The Kier molecular flexibility index (Phi) is 4.54. The van der Waals surface area contributed by atoms with Crippen molar-refractivity contribution in [1.82, 2.24) is 0 Å². The molecular weight excluding hydrogens is 336 g/mol. The van der Waals surface area contributed by atoms with Crippen LogP contribution in [-0.2, 0) is 4.79 Å². The van der Waals surface area contributed by atoms with E-state index < -0.39 is 0 Å². The molecule has 4 rings (SSSR count). The second kappa shape index (κ2) is 7.30. The third kappa shape index (κ3) is 3.80. The first-order chi connectivity index (χ1) is 13.2. The Morgan fingerprint density at radius 3 is 2.52 bits per heavy atom. The summed E-state index contributed by atoms with van der Waals surface area (Å²) in [4.78, 5) is 15.5. The summed E-state index contributed by atoms with van der Waals surface area (Å²) in [6, 6.07) is 25.6. The van der Waals surface area contributed by atoms with E-state index in [9.17, 15) is 4.79 Å². The molecule has 4 nitrogen and oxygen atoms in total. The number of furan rings is 1. The topological polar surface area (TPSA) is 54.6 Å². The summed E-state index contributed by atoms with van der Waals surface area (Å²) in [6.07, 6.45) is 1.70. The van der Waals surface area contributed by atoms with Crippen molar-refractivity contribution in [2.45, 2.75) is 6.92 Å². The first-order valence-electron chi connectivity index (χ1n) is 8.69. The Bertz CT molecular complexity index is 1120. The summed E-state index contributed by atoms with van der Waals surface area (Å²) < 4.78 is 5.97. The first-order valence-corrected chi connectivity index (χ1v) is 8.69. The van der Waals surface area contributed by atoms with E-state index in [1.807, 2.05) is 54.6 Å². The van der Waals surface area contributed by atoms with Crippen molar-refractivity contribution >= 4 is 34.3 Å². The minimum absolute atomic E-state index is 0.0946. The van der Waals surface area contributed by atoms with Gasteiger partial charge in [0.2, 0.25) is 5.91 Å². The fourth-order valence-corrected chi connectivity index (χ4v) is 2.98. The second-order valence-electron chi connectivity index (χ2n) is 6.21. The number of anilines is 1. The average Bonchev–Trinajstić information content (AvgIpc) is 3.15. The molecule has 132 valence electrons. The van der Waals surface area contributed by atoms with Gasteiger partial charge in [0.25, 0.3) is 0 Å². The van der Waals surface area contributed by atoms with Crippen LogP contribution in [0.3, 0.4) is 0 Å². The Morgan fingerprint density at radius 2 is 1.70 bits per heavy atom. The number of hydrogen-bond donors (Lipinski definition) is 1. The molecule has 0 fully saturated rings. The quantitative estimate of drug-likeness (QED) is 0.470. The number of hydrogen-bond acceptors (Lipinski definition) is 3. The van der Waals surface area contributed by atoms with Crippen molar-refractivity contribution in [3.05, 3.63) is 84.6 Å². The molecule has 4 heteroatoms. The van der Waals surface area contributed by atoms with E-state index >= 15 is 0 Å². The van der Waals surface area contributed by atoms with Gasteiger partial charge < -0.3 is 9.73 Å². The van der Waals surface area contributed by atoms with Gasteiger partial charge >= 0.3 is 0 Å². The van der Waals surface area contributed by atoms with E-state index in [0.717, 1.165) is 28.1 Å². The molecule has 1 amide bonds. The molecule has 3 aromatic carbocycles. The van der Waals surface area contributed by atoms with Crippen molar-refractivity contribution in [3.63, 3.8) is 0 Å². The van der Waals surface area contributed by atoms with Gasteiger partial charge in [0.1, 0.15) is 11.5 Å². The van der Waals surface area contributed by atoms with E-state index in [0.29, 0.717) is 5.76 Å². The van der Waals surface area contributed by atoms with Crippen LogP contribution >= 0.6 is 0 Å². The number of carbonyl (C=O) groups is 1. The lowest BCUT2D eigenvalue weighted by molar-refractivity contribution is -0.114. The van der Waals surface area contributed by atoms with Gasteiger partial charge in [-0.05, 0) is 47.2 Å². The Morgan fingerprint density at radius 1 is 0.926 bits per heavy atom. The predicted molar refractivity (Wildman–Crippen MR) is 110 cm³/mol. The molecule has 1 N–H and O–H groups in total. The number of aliphatic imine (C=N–C) groups is 1. The van der Waals surface area contributed by atoms with E-state index in [1.165, 1.54) is 12.3 Å². The van der Waals surface area contributed by atoms with Gasteiger partial charge in [-0.2, -0.15) is 0 Å². The van der Waals surface area contributed by atoms with Gasteiger partial charge in [-0.15, -0.1) is 0 Å². The zero-order valence-electron chi connectivity index (χ0n) is 14.8. The average molecular weight is 354 g/mol. The van der Waals surface area contributed by atoms with Crippen molar-refractivity contribution in [2.24, 2.45) is 4.99 Å². The molecule has 0 atom stereocenters. The van der Waals surface area contributed by atoms with Crippen LogP contribution in [0.25, 0.3) is 22.1 Å². The van der Waals surface area contributed by atoms with E-state index in [1.54, 1.807) is 6.21 Å². The number of nitrogens with one attached hydrogen (secondary N) is 1. The minimum Gasteiger partial charge on any atom is -0.455 e. The maximum atomic E-state index is 11.1. The first kappa shape index (κ1) is 16.8. The summed E-state index contributed by atoms with van der Waals surface area (Å²) >= 11 is 0. The third-order valence-corrected chi connectivity index (χ3v) is 4.21. The zero-order valence-corrected chi connectivity index (χ0v) is 14.8. The lowest BCUT2D eigenvalue weighted by atomic mass is 10.0. The fraction of sp³-hybridized carbons (Fsp3) is 0.0435. The van der Waals surface area contributed by atoms with Crippen LogP contribution in [0.15, 0.2) is 88.3 Å². The monoisotopic (exact) mass is 354 g/mol. The van der Waals surface area contributed by atoms with Gasteiger partial charge in [0.15, 0.2) is 0 Å². The van der Waals surface area contributed by atoms with Gasteiger partial charge in [-0.25, -0.2) is 0 Å². The number of fused-ring (bicyclic) bond motifs is 1. The van der Waals surface area contributed by atoms with Crippen molar-refractivity contribution in [2.75, 3.05) is 5.32 Å². The maximum absolute atomic E-state index is 11.1. The molecule has 0 aliphatic heterocycles. The van der Waals surface area contributed by atoms with Crippen LogP contribution in [-0.4, -0.2) is 12.1 Å². The van der Waals surface area contributed by atoms with Crippen molar-refractivity contribution in [3.8, 4) is 11.3 Å². The van der Waals surface area contributed by atoms with Crippen LogP contribution < -0.4 is 5.32 Å². The van der Waals surface area contributed by atoms with Gasteiger partial charge in [-0.3, -0.25) is 9.79 Å². The molecule has 0 bridgehead atoms. The lowest BCUT2D eigenvalue weighted by Gasteiger charge is -2.03. The van der Waals surface area contributed by atoms with Crippen LogP contribution in [0.2, 0.25) is 0 Å². The number of nitrogens with zero attached hydrogens (tertiary/aromatic N) is 1. The molecule has 0 saturated carbocycles. The number of carbonyl (C=O) groups excluding carboxylic acids is 1. The van der Waals surface area contributed by atoms with Gasteiger partial charge in [-0.1, -0.05) is 42.5 Å².